The van der Waals surface area contributed by atoms with Gasteiger partial charge in [-0.25, -0.2) is 0 Å². The third kappa shape index (κ3) is 4.27. The van der Waals surface area contributed by atoms with Crippen molar-refractivity contribution in [3.63, 3.8) is 0 Å². The predicted molar refractivity (Wildman–Crippen MR) is 98.9 cm³/mol. The molecule has 1 heterocycles. The van der Waals surface area contributed by atoms with Gasteiger partial charge in [0.15, 0.2) is 0 Å². The van der Waals surface area contributed by atoms with Gasteiger partial charge in [-0.1, -0.05) is 24.3 Å². The van der Waals surface area contributed by atoms with Crippen LogP contribution in [0.2, 0.25) is 0 Å². The summed E-state index contributed by atoms with van der Waals surface area (Å²) in [5, 5.41) is 0.952. The molecule has 0 aliphatic heterocycles. The highest BCUT2D eigenvalue weighted by Crippen LogP contribution is 2.27. The Kier molecular flexibility index (Phi) is 5.44. The molecule has 27 heavy (non-hydrogen) atoms. The first-order valence-electron chi connectivity index (χ1n) is 8.59. The topological polar surface area (TPSA) is 42.7 Å². The summed E-state index contributed by atoms with van der Waals surface area (Å²) in [6, 6.07) is 10.3. The van der Waals surface area contributed by atoms with Crippen LogP contribution in [0.3, 0.4) is 0 Å². The van der Waals surface area contributed by atoms with Gasteiger partial charge in [-0.3, -0.25) is 4.79 Å². The van der Waals surface area contributed by atoms with Crippen molar-refractivity contribution in [3.05, 3.63) is 64.9 Å². The molecule has 4 nitrogen and oxygen atoms in total. The van der Waals surface area contributed by atoms with E-state index in [1.54, 1.807) is 30.3 Å². The third-order valence-electron chi connectivity index (χ3n) is 4.68. The maximum Gasteiger partial charge on any atom is 0.387 e. The number of carbonyl (C=O) groups excluding carboxylic acids is 1. The molecule has 3 rings (SSSR count). The number of furan rings is 1. The van der Waals surface area contributed by atoms with Crippen LogP contribution in [-0.2, 0) is 17.8 Å². The SMILES string of the molecule is Cc1ccc2c(CC(=O)N(C)Cc3ccc(OC(F)F)cc3)coc2c1C. The van der Waals surface area contributed by atoms with Crippen molar-refractivity contribution in [2.24, 2.45) is 0 Å². The zero-order valence-electron chi connectivity index (χ0n) is 15.5. The van der Waals surface area contributed by atoms with Gasteiger partial charge < -0.3 is 14.1 Å². The molecule has 1 amide bonds. The number of halogens is 2. The summed E-state index contributed by atoms with van der Waals surface area (Å²) in [6.07, 6.45) is 1.87. The summed E-state index contributed by atoms with van der Waals surface area (Å²) in [7, 11) is 1.71. The predicted octanol–water partition coefficient (Wildman–Crippen LogP) is 4.85. The Morgan fingerprint density at radius 2 is 1.85 bits per heavy atom. The van der Waals surface area contributed by atoms with Crippen LogP contribution in [0.1, 0.15) is 22.3 Å². The molecule has 0 spiro atoms. The fourth-order valence-electron chi connectivity index (χ4n) is 2.96. The van der Waals surface area contributed by atoms with Crippen LogP contribution >= 0.6 is 0 Å². The first-order chi connectivity index (χ1) is 12.8. The molecule has 142 valence electrons. The van der Waals surface area contributed by atoms with Crippen LogP contribution in [0.5, 0.6) is 5.75 Å². The first kappa shape index (κ1) is 18.9. The molecule has 0 aliphatic rings. The minimum absolute atomic E-state index is 0.0520. The minimum Gasteiger partial charge on any atom is -0.464 e. The van der Waals surface area contributed by atoms with Crippen molar-refractivity contribution >= 4 is 16.9 Å². The van der Waals surface area contributed by atoms with Crippen LogP contribution in [0, 0.1) is 13.8 Å². The minimum atomic E-state index is -2.85. The number of alkyl halides is 2. The van der Waals surface area contributed by atoms with Gasteiger partial charge in [0.05, 0.1) is 12.7 Å². The van der Waals surface area contributed by atoms with Crippen LogP contribution < -0.4 is 4.74 Å². The number of rotatable bonds is 6. The molecule has 3 aromatic rings. The Labute approximate surface area is 156 Å². The molecule has 2 aromatic carbocycles. The van der Waals surface area contributed by atoms with E-state index in [0.29, 0.717) is 6.54 Å². The fraction of sp³-hybridized carbons (Fsp3) is 0.286. The van der Waals surface area contributed by atoms with Crippen LogP contribution in [-0.4, -0.2) is 24.5 Å². The maximum absolute atomic E-state index is 12.6. The van der Waals surface area contributed by atoms with Crippen molar-refractivity contribution in [2.75, 3.05) is 7.05 Å². The zero-order valence-corrected chi connectivity index (χ0v) is 15.5. The number of fused-ring (bicyclic) bond motifs is 1. The largest absolute Gasteiger partial charge is 0.464 e. The molecule has 0 saturated carbocycles. The molecule has 1 aromatic heterocycles. The number of nitrogens with zero attached hydrogens (tertiary/aromatic N) is 1. The highest BCUT2D eigenvalue weighted by Gasteiger charge is 2.16. The van der Waals surface area contributed by atoms with Gasteiger partial charge in [0.25, 0.3) is 0 Å². The molecular formula is C21H21F2NO3. The van der Waals surface area contributed by atoms with Crippen LogP contribution in [0.4, 0.5) is 8.78 Å². The van der Waals surface area contributed by atoms with Crippen LogP contribution in [0.25, 0.3) is 11.0 Å². The quantitative estimate of drug-likeness (QED) is 0.620. The molecule has 0 atom stereocenters. The van der Waals surface area contributed by atoms with E-state index in [1.807, 2.05) is 26.0 Å². The number of hydrogen-bond acceptors (Lipinski definition) is 3. The smallest absolute Gasteiger partial charge is 0.387 e. The number of ether oxygens (including phenoxy) is 1. The van der Waals surface area contributed by atoms with E-state index in [1.165, 1.54) is 12.1 Å². The van der Waals surface area contributed by atoms with E-state index < -0.39 is 6.61 Å². The Hall–Kier alpha value is -2.89. The Balaban J connectivity index is 1.67. The summed E-state index contributed by atoms with van der Waals surface area (Å²) >= 11 is 0. The van der Waals surface area contributed by atoms with Crippen molar-refractivity contribution in [3.8, 4) is 5.75 Å². The lowest BCUT2D eigenvalue weighted by Gasteiger charge is -2.17. The molecule has 0 unspecified atom stereocenters. The number of hydrogen-bond donors (Lipinski definition) is 0. The summed E-state index contributed by atoms with van der Waals surface area (Å²) in [6.45, 7) is 1.55. The van der Waals surface area contributed by atoms with Crippen molar-refractivity contribution in [1.82, 2.24) is 4.90 Å². The lowest BCUT2D eigenvalue weighted by molar-refractivity contribution is -0.129. The molecule has 0 fully saturated rings. The Morgan fingerprint density at radius 1 is 1.15 bits per heavy atom. The van der Waals surface area contributed by atoms with Gasteiger partial charge in [-0.05, 0) is 42.7 Å². The van der Waals surface area contributed by atoms with Crippen molar-refractivity contribution in [1.29, 1.82) is 0 Å². The van der Waals surface area contributed by atoms with Gasteiger partial charge >= 0.3 is 6.61 Å². The second kappa shape index (κ2) is 7.78. The molecule has 0 N–H and O–H groups in total. The maximum atomic E-state index is 12.6. The summed E-state index contributed by atoms with van der Waals surface area (Å²) in [4.78, 5) is 14.2. The zero-order chi connectivity index (χ0) is 19.6. The van der Waals surface area contributed by atoms with Gasteiger partial charge in [-0.2, -0.15) is 8.78 Å². The number of carbonyl (C=O) groups is 1. The van der Waals surface area contributed by atoms with Crippen molar-refractivity contribution < 1.29 is 22.7 Å². The molecule has 6 heteroatoms. The summed E-state index contributed by atoms with van der Waals surface area (Å²) in [5.74, 6) is 0.0436. The number of aryl methyl sites for hydroxylation is 2. The Bertz CT molecular complexity index is 948. The van der Waals surface area contributed by atoms with E-state index in [-0.39, 0.29) is 18.1 Å². The average Bonchev–Trinajstić information content (AvgIpc) is 3.03. The van der Waals surface area contributed by atoms with Gasteiger partial charge in [-0.15, -0.1) is 0 Å². The number of benzene rings is 2. The average molecular weight is 373 g/mol. The van der Waals surface area contributed by atoms with E-state index in [9.17, 15) is 13.6 Å². The monoisotopic (exact) mass is 373 g/mol. The van der Waals surface area contributed by atoms with Gasteiger partial charge in [0, 0.05) is 24.5 Å². The van der Waals surface area contributed by atoms with E-state index in [2.05, 4.69) is 4.74 Å². The standard InChI is InChI=1S/C21H21F2NO3/c1-13-4-9-18-16(12-26-20(18)14(13)2)10-19(25)24(3)11-15-5-7-17(8-6-15)27-21(22)23/h4-9,12,21H,10-11H2,1-3H3. The molecule has 0 radical (unpaired) electrons. The molecule has 0 bridgehead atoms. The second-order valence-corrected chi connectivity index (χ2v) is 6.59. The lowest BCUT2D eigenvalue weighted by atomic mass is 10.0. The first-order valence-corrected chi connectivity index (χ1v) is 8.59. The summed E-state index contributed by atoms with van der Waals surface area (Å²) in [5.41, 5.74) is 4.72. The highest BCUT2D eigenvalue weighted by atomic mass is 19.3. The highest BCUT2D eigenvalue weighted by molar-refractivity contribution is 5.89. The van der Waals surface area contributed by atoms with E-state index in [0.717, 1.165) is 33.2 Å². The molecule has 0 saturated heterocycles. The third-order valence-corrected chi connectivity index (χ3v) is 4.68. The molecular weight excluding hydrogens is 352 g/mol. The van der Waals surface area contributed by atoms with Crippen LogP contribution in [0.15, 0.2) is 47.1 Å². The van der Waals surface area contributed by atoms with Crippen molar-refractivity contribution in [2.45, 2.75) is 33.4 Å². The fourth-order valence-corrected chi connectivity index (χ4v) is 2.96. The van der Waals surface area contributed by atoms with Gasteiger partial charge in [0.1, 0.15) is 11.3 Å². The summed E-state index contributed by atoms with van der Waals surface area (Å²) < 4.78 is 34.4. The lowest BCUT2D eigenvalue weighted by Crippen LogP contribution is -2.27. The van der Waals surface area contributed by atoms with E-state index in [4.69, 9.17) is 4.42 Å². The second-order valence-electron chi connectivity index (χ2n) is 6.59. The van der Waals surface area contributed by atoms with Gasteiger partial charge in [0.2, 0.25) is 5.91 Å². The number of amides is 1. The molecule has 0 aliphatic carbocycles. The number of likely N-dealkylation sites (N-methyl/N-ethyl adjacent to an activating group) is 1. The normalized spacial score (nSPS) is 11.2. The Morgan fingerprint density at radius 3 is 2.52 bits per heavy atom. The van der Waals surface area contributed by atoms with E-state index >= 15 is 0 Å².